The average molecular weight is 401 g/mol. The Morgan fingerprint density at radius 3 is 2.14 bits per heavy atom. The minimum atomic E-state index is -1.25. The lowest BCUT2D eigenvalue weighted by molar-refractivity contribution is -0.276. The van der Waals surface area contributed by atoms with Crippen molar-refractivity contribution in [2.45, 2.75) is 50.8 Å². The van der Waals surface area contributed by atoms with Gasteiger partial charge in [-0.25, -0.2) is 0 Å². The highest BCUT2D eigenvalue weighted by atomic mass is 16.7. The number of carbonyl (C=O) groups excluding carboxylic acids is 1. The lowest BCUT2D eigenvalue weighted by atomic mass is 9.97. The molecule has 2 aromatic rings. The van der Waals surface area contributed by atoms with E-state index in [-0.39, 0.29) is 19.1 Å². The van der Waals surface area contributed by atoms with Crippen LogP contribution in [0, 0.1) is 0 Å². The van der Waals surface area contributed by atoms with Crippen molar-refractivity contribution in [3.63, 3.8) is 0 Å². The van der Waals surface area contributed by atoms with Gasteiger partial charge in [-0.05, 0) is 11.1 Å². The first-order valence-electron chi connectivity index (χ1n) is 9.60. The summed E-state index contributed by atoms with van der Waals surface area (Å²) in [5.41, 5.74) is 1.92. The molecule has 0 radical (unpaired) electrons. The first-order chi connectivity index (χ1) is 14.0. The van der Waals surface area contributed by atoms with Crippen molar-refractivity contribution in [1.29, 1.82) is 0 Å². The second-order valence-electron chi connectivity index (χ2n) is 7.05. The fourth-order valence-electron chi connectivity index (χ4n) is 3.22. The molecule has 0 aromatic heterocycles. The van der Waals surface area contributed by atoms with E-state index in [2.05, 4.69) is 5.32 Å². The van der Waals surface area contributed by atoms with Crippen LogP contribution in [0.15, 0.2) is 60.7 Å². The zero-order chi connectivity index (χ0) is 20.6. The number of hydrogen-bond donors (Lipinski definition) is 3. The Labute approximate surface area is 170 Å². The van der Waals surface area contributed by atoms with Crippen molar-refractivity contribution >= 4 is 5.91 Å². The van der Waals surface area contributed by atoms with Gasteiger partial charge in [0.1, 0.15) is 24.4 Å². The van der Waals surface area contributed by atoms with Gasteiger partial charge in [-0.15, -0.1) is 0 Å². The number of aliphatic hydroxyl groups excluding tert-OH is 2. The molecule has 1 amide bonds. The van der Waals surface area contributed by atoms with Crippen LogP contribution in [0.25, 0.3) is 0 Å². The van der Waals surface area contributed by atoms with Crippen molar-refractivity contribution in [3.8, 4) is 0 Å². The fraction of sp³-hybridized carbons (Fsp3) is 0.409. The normalized spacial score (nSPS) is 26.8. The summed E-state index contributed by atoms with van der Waals surface area (Å²) in [6.45, 7) is 2.00. The molecule has 156 valence electrons. The second kappa shape index (κ2) is 10.5. The van der Waals surface area contributed by atoms with Gasteiger partial charge >= 0.3 is 0 Å². The largest absolute Gasteiger partial charge is 0.388 e. The summed E-state index contributed by atoms with van der Waals surface area (Å²) in [7, 11) is 0. The second-order valence-corrected chi connectivity index (χ2v) is 7.05. The lowest BCUT2D eigenvalue weighted by Crippen LogP contribution is -2.64. The van der Waals surface area contributed by atoms with E-state index in [1.807, 2.05) is 60.7 Å². The predicted molar refractivity (Wildman–Crippen MR) is 106 cm³/mol. The van der Waals surface area contributed by atoms with Crippen LogP contribution in [0.1, 0.15) is 18.1 Å². The Morgan fingerprint density at radius 2 is 1.55 bits per heavy atom. The minimum Gasteiger partial charge on any atom is -0.388 e. The summed E-state index contributed by atoms with van der Waals surface area (Å²) >= 11 is 0. The minimum absolute atomic E-state index is 0.0745. The van der Waals surface area contributed by atoms with Gasteiger partial charge in [0.2, 0.25) is 5.91 Å². The molecule has 0 bridgehead atoms. The Bertz CT molecular complexity index is 756. The van der Waals surface area contributed by atoms with E-state index in [9.17, 15) is 15.0 Å². The zero-order valence-electron chi connectivity index (χ0n) is 16.3. The van der Waals surface area contributed by atoms with Crippen LogP contribution in [-0.4, -0.2) is 53.4 Å². The number of carbonyl (C=O) groups is 1. The molecular weight excluding hydrogens is 374 g/mol. The highest BCUT2D eigenvalue weighted by Gasteiger charge is 2.45. The average Bonchev–Trinajstić information content (AvgIpc) is 2.73. The molecule has 0 aliphatic carbocycles. The van der Waals surface area contributed by atoms with Crippen molar-refractivity contribution in [3.05, 3.63) is 71.8 Å². The summed E-state index contributed by atoms with van der Waals surface area (Å²) in [4.78, 5) is 11.6. The summed E-state index contributed by atoms with van der Waals surface area (Å²) in [5.74, 6) is -0.350. The SMILES string of the molecule is CC(=O)N[C@H]1[C@H](OCc2ccccc2)O[C@H](COCc2ccccc2)[C@@H](O)[C@@H]1O. The third-order valence-corrected chi connectivity index (χ3v) is 4.72. The van der Waals surface area contributed by atoms with Crippen LogP contribution in [0.4, 0.5) is 0 Å². The number of rotatable bonds is 8. The molecule has 1 saturated heterocycles. The van der Waals surface area contributed by atoms with Gasteiger partial charge < -0.3 is 29.7 Å². The maximum Gasteiger partial charge on any atom is 0.217 e. The van der Waals surface area contributed by atoms with E-state index >= 15 is 0 Å². The van der Waals surface area contributed by atoms with E-state index in [1.54, 1.807) is 0 Å². The lowest BCUT2D eigenvalue weighted by Gasteiger charge is -2.42. The zero-order valence-corrected chi connectivity index (χ0v) is 16.3. The Morgan fingerprint density at radius 1 is 0.966 bits per heavy atom. The Hall–Kier alpha value is -2.29. The molecule has 0 saturated carbocycles. The van der Waals surface area contributed by atoms with Gasteiger partial charge in [-0.2, -0.15) is 0 Å². The molecule has 0 unspecified atom stereocenters. The Balaban J connectivity index is 1.62. The number of aliphatic hydroxyl groups is 2. The fourth-order valence-corrected chi connectivity index (χ4v) is 3.22. The molecule has 2 aromatic carbocycles. The molecule has 5 atom stereocenters. The number of nitrogens with one attached hydrogen (secondary N) is 1. The highest BCUT2D eigenvalue weighted by Crippen LogP contribution is 2.24. The molecule has 7 heteroatoms. The first kappa shape index (κ1) is 21.4. The first-order valence-corrected chi connectivity index (χ1v) is 9.60. The topological polar surface area (TPSA) is 97.3 Å². The van der Waals surface area contributed by atoms with Crippen molar-refractivity contribution < 1.29 is 29.2 Å². The van der Waals surface area contributed by atoms with Gasteiger partial charge in [0.05, 0.1) is 19.8 Å². The maximum atomic E-state index is 11.6. The van der Waals surface area contributed by atoms with E-state index in [4.69, 9.17) is 14.2 Å². The third kappa shape index (κ3) is 6.09. The van der Waals surface area contributed by atoms with Crippen molar-refractivity contribution in [2.75, 3.05) is 6.61 Å². The van der Waals surface area contributed by atoms with Gasteiger partial charge in [0.15, 0.2) is 6.29 Å². The quantitative estimate of drug-likeness (QED) is 0.618. The van der Waals surface area contributed by atoms with Crippen LogP contribution < -0.4 is 5.32 Å². The van der Waals surface area contributed by atoms with Crippen molar-refractivity contribution in [1.82, 2.24) is 5.32 Å². The van der Waals surface area contributed by atoms with Gasteiger partial charge in [0, 0.05) is 6.92 Å². The van der Waals surface area contributed by atoms with Gasteiger partial charge in [-0.1, -0.05) is 60.7 Å². The molecule has 3 rings (SSSR count). The molecular formula is C22H27NO6. The maximum absolute atomic E-state index is 11.6. The van der Waals surface area contributed by atoms with Gasteiger partial charge in [0.25, 0.3) is 0 Å². The molecule has 1 fully saturated rings. The predicted octanol–water partition coefficient (Wildman–Crippen LogP) is 1.37. The van der Waals surface area contributed by atoms with E-state index in [0.717, 1.165) is 11.1 Å². The highest BCUT2D eigenvalue weighted by molar-refractivity contribution is 5.73. The summed E-state index contributed by atoms with van der Waals surface area (Å²) in [5, 5.41) is 23.6. The van der Waals surface area contributed by atoms with Crippen LogP contribution in [0.3, 0.4) is 0 Å². The van der Waals surface area contributed by atoms with E-state index in [0.29, 0.717) is 6.61 Å². The van der Waals surface area contributed by atoms with E-state index in [1.165, 1.54) is 6.92 Å². The monoisotopic (exact) mass is 401 g/mol. The molecule has 0 spiro atoms. The number of amides is 1. The summed E-state index contributed by atoms with van der Waals surface area (Å²) in [6.07, 6.45) is -4.19. The number of benzene rings is 2. The van der Waals surface area contributed by atoms with Gasteiger partial charge in [-0.3, -0.25) is 4.79 Å². The summed E-state index contributed by atoms with van der Waals surface area (Å²) < 4.78 is 17.4. The summed E-state index contributed by atoms with van der Waals surface area (Å²) in [6, 6.07) is 18.2. The van der Waals surface area contributed by atoms with E-state index < -0.39 is 30.6 Å². The molecule has 1 aliphatic rings. The Kier molecular flexibility index (Phi) is 7.74. The third-order valence-electron chi connectivity index (χ3n) is 4.72. The van der Waals surface area contributed by atoms with Crippen LogP contribution in [-0.2, 0) is 32.2 Å². The number of hydrogen-bond acceptors (Lipinski definition) is 6. The number of ether oxygens (including phenoxy) is 3. The molecule has 1 heterocycles. The van der Waals surface area contributed by atoms with Crippen LogP contribution in [0.2, 0.25) is 0 Å². The molecule has 1 aliphatic heterocycles. The smallest absolute Gasteiger partial charge is 0.217 e. The van der Waals surface area contributed by atoms with Crippen molar-refractivity contribution in [2.24, 2.45) is 0 Å². The molecule has 29 heavy (non-hydrogen) atoms. The molecule has 7 nitrogen and oxygen atoms in total. The standard InChI is InChI=1S/C22H27NO6/c1-15(24)23-19-21(26)20(25)18(14-27-12-16-8-4-2-5-9-16)29-22(19)28-13-17-10-6-3-7-11-17/h2-11,18-22,25-26H,12-14H2,1H3,(H,23,24)/t18-,19-,20-,21-,22-/m1/s1. The van der Waals surface area contributed by atoms with Crippen LogP contribution >= 0.6 is 0 Å². The van der Waals surface area contributed by atoms with Crippen LogP contribution in [0.5, 0.6) is 0 Å². The molecule has 3 N–H and O–H groups in total.